The number of piperidine rings is 2. The molecule has 0 spiro atoms. The van der Waals surface area contributed by atoms with E-state index in [1.165, 1.54) is 51.7 Å². The van der Waals surface area contributed by atoms with Crippen molar-refractivity contribution in [3.05, 3.63) is 0 Å². The second kappa shape index (κ2) is 3.84. The molecule has 2 saturated heterocycles. The Labute approximate surface area is 107 Å². The molecule has 0 aromatic heterocycles. The fourth-order valence-corrected chi connectivity index (χ4v) is 4.66. The number of fused-ring (bicyclic) bond motifs is 1. The van der Waals surface area contributed by atoms with Crippen LogP contribution in [0.4, 0.5) is 0 Å². The summed E-state index contributed by atoms with van der Waals surface area (Å²) in [5, 5.41) is 0. The third-order valence-electron chi connectivity index (χ3n) is 4.55. The molecule has 3 rings (SSSR count). The Bertz CT molecular complexity index is 252. The maximum absolute atomic E-state index is 2.73. The van der Waals surface area contributed by atoms with Gasteiger partial charge in [-0.05, 0) is 45.7 Å². The number of hydrogen-bond donors (Lipinski definition) is 0. The Morgan fingerprint density at radius 3 is 2.53 bits per heavy atom. The predicted molar refractivity (Wildman–Crippen MR) is 71.1 cm³/mol. The first-order valence-electron chi connectivity index (χ1n) is 6.38. The number of likely N-dealkylation sites (tertiary alicyclic amines) is 1. The van der Waals surface area contributed by atoms with Crippen molar-refractivity contribution in [2.45, 2.75) is 51.1 Å². The third-order valence-corrected chi connectivity index (χ3v) is 6.18. The van der Waals surface area contributed by atoms with Crippen molar-refractivity contribution in [2.75, 3.05) is 19.6 Å². The van der Waals surface area contributed by atoms with Crippen LogP contribution in [0, 0.1) is 5.41 Å². The van der Waals surface area contributed by atoms with Crippen LogP contribution in [0.15, 0.2) is 0 Å². The molecule has 3 aliphatic rings. The lowest BCUT2D eigenvalue weighted by molar-refractivity contribution is 0.184. The maximum Gasteiger partial charge on any atom is 0.0273 e. The van der Waals surface area contributed by atoms with Gasteiger partial charge in [-0.3, -0.25) is 0 Å². The van der Waals surface area contributed by atoms with Gasteiger partial charge >= 0.3 is 0 Å². The van der Waals surface area contributed by atoms with Crippen molar-refractivity contribution < 1.29 is 0 Å². The largest absolute Gasteiger partial charge is 0.303 e. The van der Waals surface area contributed by atoms with Crippen LogP contribution >= 0.6 is 22.9 Å². The normalized spacial score (nSPS) is 46.8. The highest BCUT2D eigenvalue weighted by atomic mass is 127. The lowest BCUT2D eigenvalue weighted by atomic mass is 9.98. The molecule has 0 radical (unpaired) electrons. The summed E-state index contributed by atoms with van der Waals surface area (Å²) in [5.41, 5.74) is 0.706. The Balaban J connectivity index is 1.60. The molecule has 2 aliphatic heterocycles. The standard InChI is InChI=1S/C12H21IN2/c1-10-7-12(8-11(12)15(10)13)9-14-5-3-2-4-6-14/h10-11H,2-9H2,1H3/t10-,11?,12?/m1/s1. The van der Waals surface area contributed by atoms with Crippen LogP contribution in [0.2, 0.25) is 0 Å². The quantitative estimate of drug-likeness (QED) is 0.570. The summed E-state index contributed by atoms with van der Waals surface area (Å²) in [6.45, 7) is 6.51. The highest BCUT2D eigenvalue weighted by Crippen LogP contribution is 2.61. The second-order valence-electron chi connectivity index (χ2n) is 5.82. The summed E-state index contributed by atoms with van der Waals surface area (Å²) in [5.74, 6) is 0. The van der Waals surface area contributed by atoms with Crippen LogP contribution < -0.4 is 0 Å². The highest BCUT2D eigenvalue weighted by Gasteiger charge is 2.63. The predicted octanol–water partition coefficient (Wildman–Crippen LogP) is 2.68. The van der Waals surface area contributed by atoms with Crippen molar-refractivity contribution in [1.29, 1.82) is 0 Å². The Morgan fingerprint density at radius 1 is 1.20 bits per heavy atom. The zero-order valence-corrected chi connectivity index (χ0v) is 11.7. The molecule has 3 atom stereocenters. The minimum absolute atomic E-state index is 0.706. The Morgan fingerprint density at radius 2 is 1.93 bits per heavy atom. The molecule has 86 valence electrons. The fraction of sp³-hybridized carbons (Fsp3) is 1.00. The van der Waals surface area contributed by atoms with Gasteiger partial charge in [0.2, 0.25) is 0 Å². The molecule has 2 nitrogen and oxygen atoms in total. The zero-order valence-electron chi connectivity index (χ0n) is 9.58. The van der Waals surface area contributed by atoms with E-state index in [0.29, 0.717) is 5.41 Å². The van der Waals surface area contributed by atoms with Gasteiger partial charge in [0.05, 0.1) is 0 Å². The number of halogens is 1. The molecule has 0 aromatic carbocycles. The van der Waals surface area contributed by atoms with Crippen molar-refractivity contribution in [3.8, 4) is 0 Å². The van der Waals surface area contributed by atoms with Crippen molar-refractivity contribution in [3.63, 3.8) is 0 Å². The van der Waals surface area contributed by atoms with E-state index in [1.54, 1.807) is 0 Å². The number of rotatable bonds is 2. The molecular formula is C12H21IN2. The minimum Gasteiger partial charge on any atom is -0.303 e. The van der Waals surface area contributed by atoms with Gasteiger partial charge in [-0.25, -0.2) is 3.11 Å². The molecule has 2 heterocycles. The van der Waals surface area contributed by atoms with Gasteiger partial charge in [0.1, 0.15) is 0 Å². The number of hydrogen-bond acceptors (Lipinski definition) is 2. The monoisotopic (exact) mass is 320 g/mol. The van der Waals surface area contributed by atoms with Crippen molar-refractivity contribution in [1.82, 2.24) is 8.01 Å². The summed E-state index contributed by atoms with van der Waals surface area (Å²) in [4.78, 5) is 2.73. The summed E-state index contributed by atoms with van der Waals surface area (Å²) in [6, 6.07) is 1.73. The third kappa shape index (κ3) is 1.84. The maximum atomic E-state index is 2.73. The molecule has 3 heteroatoms. The molecule has 0 aromatic rings. The van der Waals surface area contributed by atoms with Crippen molar-refractivity contribution >= 4 is 22.9 Å². The van der Waals surface area contributed by atoms with E-state index in [-0.39, 0.29) is 0 Å². The topological polar surface area (TPSA) is 6.48 Å². The minimum atomic E-state index is 0.706. The van der Waals surface area contributed by atoms with Gasteiger partial charge in [0.15, 0.2) is 0 Å². The summed E-state index contributed by atoms with van der Waals surface area (Å²) in [6.07, 6.45) is 7.24. The van der Waals surface area contributed by atoms with E-state index in [2.05, 4.69) is 37.8 Å². The first-order valence-corrected chi connectivity index (χ1v) is 7.34. The average Bonchev–Trinajstić information content (AvgIpc) is 2.86. The summed E-state index contributed by atoms with van der Waals surface area (Å²) >= 11 is 2.54. The van der Waals surface area contributed by atoms with Crippen LogP contribution in [-0.4, -0.2) is 39.7 Å². The molecule has 1 saturated carbocycles. The molecule has 2 unspecified atom stereocenters. The van der Waals surface area contributed by atoms with E-state index < -0.39 is 0 Å². The smallest absolute Gasteiger partial charge is 0.0273 e. The summed E-state index contributed by atoms with van der Waals surface area (Å²) < 4.78 is 2.59. The lowest BCUT2D eigenvalue weighted by Crippen LogP contribution is -2.35. The van der Waals surface area contributed by atoms with Crippen LogP contribution in [0.5, 0.6) is 0 Å². The molecule has 15 heavy (non-hydrogen) atoms. The van der Waals surface area contributed by atoms with Crippen LogP contribution in [-0.2, 0) is 0 Å². The molecule has 0 amide bonds. The van der Waals surface area contributed by atoms with E-state index in [4.69, 9.17) is 0 Å². The first kappa shape index (κ1) is 10.8. The van der Waals surface area contributed by atoms with Gasteiger partial charge in [-0.2, -0.15) is 0 Å². The Kier molecular flexibility index (Phi) is 2.76. The molecule has 3 fully saturated rings. The SMILES string of the molecule is C[C@@H]1CC2(CN3CCCCC3)CC2N1I. The van der Waals surface area contributed by atoms with Gasteiger partial charge < -0.3 is 4.90 Å². The summed E-state index contributed by atoms with van der Waals surface area (Å²) in [7, 11) is 0. The number of nitrogens with zero attached hydrogens (tertiary/aromatic N) is 2. The molecule has 0 N–H and O–H groups in total. The molecule has 0 bridgehead atoms. The molecule has 1 aliphatic carbocycles. The van der Waals surface area contributed by atoms with Gasteiger partial charge in [0, 0.05) is 46.9 Å². The second-order valence-corrected chi connectivity index (χ2v) is 6.93. The van der Waals surface area contributed by atoms with E-state index >= 15 is 0 Å². The van der Waals surface area contributed by atoms with Gasteiger partial charge in [-0.15, -0.1) is 0 Å². The first-order chi connectivity index (χ1) is 7.21. The Hall–Kier alpha value is 0.650. The fourth-order valence-electron chi connectivity index (χ4n) is 3.67. The average molecular weight is 320 g/mol. The van der Waals surface area contributed by atoms with Crippen LogP contribution in [0.25, 0.3) is 0 Å². The molecular weight excluding hydrogens is 299 g/mol. The van der Waals surface area contributed by atoms with Gasteiger partial charge in [0.25, 0.3) is 0 Å². The highest BCUT2D eigenvalue weighted by molar-refractivity contribution is 14.1. The van der Waals surface area contributed by atoms with E-state index in [0.717, 1.165) is 12.1 Å². The lowest BCUT2D eigenvalue weighted by Gasteiger charge is -2.29. The van der Waals surface area contributed by atoms with Crippen molar-refractivity contribution in [2.24, 2.45) is 5.41 Å². The van der Waals surface area contributed by atoms with E-state index in [9.17, 15) is 0 Å². The van der Waals surface area contributed by atoms with Gasteiger partial charge in [-0.1, -0.05) is 6.42 Å². The van der Waals surface area contributed by atoms with E-state index in [1.807, 2.05) is 0 Å². The zero-order chi connectivity index (χ0) is 10.5. The van der Waals surface area contributed by atoms with Crippen LogP contribution in [0.1, 0.15) is 39.0 Å². The van der Waals surface area contributed by atoms with Crippen LogP contribution in [0.3, 0.4) is 0 Å².